The van der Waals surface area contributed by atoms with Crippen molar-refractivity contribution in [3.8, 4) is 5.88 Å². The number of hydrogen-bond acceptors (Lipinski definition) is 6. The number of rotatable bonds is 5. The van der Waals surface area contributed by atoms with Crippen molar-refractivity contribution >= 4 is 0 Å². The summed E-state index contributed by atoms with van der Waals surface area (Å²) < 4.78 is 24.0. The highest BCUT2D eigenvalue weighted by atomic mass is 19.1. The van der Waals surface area contributed by atoms with Crippen molar-refractivity contribution in [2.75, 3.05) is 13.1 Å². The molecule has 118 valence electrons. The quantitative estimate of drug-likeness (QED) is 0.790. The number of nitrogens with zero attached hydrogens (tertiary/aromatic N) is 4. The molecule has 0 amide bonds. The molecule has 3 heterocycles. The molecule has 1 unspecified atom stereocenters. The molecule has 1 aliphatic rings. The van der Waals surface area contributed by atoms with E-state index < -0.39 is 5.95 Å². The Bertz CT molecular complexity index is 632. The van der Waals surface area contributed by atoms with Gasteiger partial charge >= 0.3 is 0 Å². The normalized spacial score (nSPS) is 19.0. The molecule has 2 aromatic rings. The van der Waals surface area contributed by atoms with Gasteiger partial charge in [-0.1, -0.05) is 25.1 Å². The molecule has 1 aliphatic heterocycles. The summed E-state index contributed by atoms with van der Waals surface area (Å²) in [7, 11) is 0. The number of ether oxygens (including phenoxy) is 1. The van der Waals surface area contributed by atoms with Crippen molar-refractivity contribution in [3.63, 3.8) is 0 Å². The highest BCUT2D eigenvalue weighted by Crippen LogP contribution is 2.19. The third-order valence-electron chi connectivity index (χ3n) is 3.57. The first kappa shape index (κ1) is 14.9. The fourth-order valence-corrected chi connectivity index (χ4v) is 2.42. The molecule has 6 nitrogen and oxygen atoms in total. The van der Waals surface area contributed by atoms with E-state index in [2.05, 4.69) is 20.0 Å². The van der Waals surface area contributed by atoms with Crippen LogP contribution in [0.5, 0.6) is 5.88 Å². The predicted molar refractivity (Wildman–Crippen MR) is 76.9 cm³/mol. The van der Waals surface area contributed by atoms with E-state index in [1.54, 1.807) is 12.1 Å². The van der Waals surface area contributed by atoms with Gasteiger partial charge in [0, 0.05) is 25.1 Å². The molecular weight excluding hydrogens is 287 g/mol. The molecule has 0 radical (unpaired) electrons. The van der Waals surface area contributed by atoms with Crippen LogP contribution in [0.4, 0.5) is 4.39 Å². The fourth-order valence-electron chi connectivity index (χ4n) is 2.42. The maximum Gasteiger partial charge on any atom is 0.240 e. The van der Waals surface area contributed by atoms with Crippen LogP contribution in [0.15, 0.2) is 22.7 Å². The fraction of sp³-hybridized carbons (Fsp3) is 0.533. The second-order valence-electron chi connectivity index (χ2n) is 5.76. The van der Waals surface area contributed by atoms with E-state index >= 15 is 0 Å². The van der Waals surface area contributed by atoms with Crippen molar-refractivity contribution in [1.29, 1.82) is 0 Å². The minimum atomic E-state index is -0.528. The van der Waals surface area contributed by atoms with Gasteiger partial charge in [-0.2, -0.15) is 14.4 Å². The second-order valence-corrected chi connectivity index (χ2v) is 5.76. The minimum absolute atomic E-state index is 0.00166. The van der Waals surface area contributed by atoms with E-state index in [1.165, 1.54) is 6.07 Å². The summed E-state index contributed by atoms with van der Waals surface area (Å²) in [6, 6.07) is 4.56. The molecule has 7 heteroatoms. The van der Waals surface area contributed by atoms with Crippen LogP contribution in [0.3, 0.4) is 0 Å². The van der Waals surface area contributed by atoms with Gasteiger partial charge < -0.3 is 9.26 Å². The summed E-state index contributed by atoms with van der Waals surface area (Å²) in [6.45, 7) is 6.27. The highest BCUT2D eigenvalue weighted by Gasteiger charge is 2.26. The third-order valence-corrected chi connectivity index (χ3v) is 3.57. The molecule has 1 atom stereocenters. The summed E-state index contributed by atoms with van der Waals surface area (Å²) in [5.74, 6) is 1.40. The van der Waals surface area contributed by atoms with E-state index in [0.717, 1.165) is 25.3 Å². The monoisotopic (exact) mass is 306 g/mol. The summed E-state index contributed by atoms with van der Waals surface area (Å²) in [5.41, 5.74) is 0. The van der Waals surface area contributed by atoms with E-state index in [0.29, 0.717) is 18.3 Å². The van der Waals surface area contributed by atoms with E-state index in [-0.39, 0.29) is 12.0 Å². The largest absolute Gasteiger partial charge is 0.473 e. The Morgan fingerprint density at radius 3 is 3.00 bits per heavy atom. The van der Waals surface area contributed by atoms with Gasteiger partial charge in [0.2, 0.25) is 17.7 Å². The van der Waals surface area contributed by atoms with Crippen LogP contribution in [-0.2, 0) is 6.54 Å². The summed E-state index contributed by atoms with van der Waals surface area (Å²) >= 11 is 0. The number of hydrogen-bond donors (Lipinski definition) is 0. The zero-order chi connectivity index (χ0) is 15.5. The van der Waals surface area contributed by atoms with Gasteiger partial charge in [0.05, 0.1) is 6.54 Å². The van der Waals surface area contributed by atoms with Crippen LogP contribution in [0.25, 0.3) is 0 Å². The van der Waals surface area contributed by atoms with Crippen molar-refractivity contribution in [2.45, 2.75) is 38.8 Å². The van der Waals surface area contributed by atoms with Crippen LogP contribution in [0.2, 0.25) is 0 Å². The van der Waals surface area contributed by atoms with Gasteiger partial charge in [0.15, 0.2) is 5.82 Å². The number of halogens is 1. The summed E-state index contributed by atoms with van der Waals surface area (Å²) in [4.78, 5) is 10.3. The molecule has 0 bridgehead atoms. The first-order valence-corrected chi connectivity index (χ1v) is 7.44. The van der Waals surface area contributed by atoms with Crippen molar-refractivity contribution < 1.29 is 13.7 Å². The average molecular weight is 306 g/mol. The zero-order valence-corrected chi connectivity index (χ0v) is 12.7. The van der Waals surface area contributed by atoms with Gasteiger partial charge in [-0.3, -0.25) is 4.90 Å². The lowest BCUT2D eigenvalue weighted by molar-refractivity contribution is 0.183. The summed E-state index contributed by atoms with van der Waals surface area (Å²) in [5, 5.41) is 3.96. The molecular formula is C15H19FN4O2. The maximum absolute atomic E-state index is 13.0. The van der Waals surface area contributed by atoms with E-state index in [4.69, 9.17) is 9.26 Å². The van der Waals surface area contributed by atoms with Crippen LogP contribution >= 0.6 is 0 Å². The van der Waals surface area contributed by atoms with Crippen molar-refractivity contribution in [3.05, 3.63) is 35.9 Å². The number of aromatic nitrogens is 3. The Balaban J connectivity index is 1.53. The Morgan fingerprint density at radius 2 is 2.27 bits per heavy atom. The van der Waals surface area contributed by atoms with E-state index in [1.807, 2.05) is 13.8 Å². The number of likely N-dealkylation sites (tertiary alicyclic amines) is 1. The average Bonchev–Trinajstić information content (AvgIpc) is 3.09. The highest BCUT2D eigenvalue weighted by molar-refractivity contribution is 5.11. The zero-order valence-electron chi connectivity index (χ0n) is 12.7. The van der Waals surface area contributed by atoms with Crippen LogP contribution < -0.4 is 4.74 Å². The third kappa shape index (κ3) is 3.59. The first-order valence-electron chi connectivity index (χ1n) is 7.44. The Labute approximate surface area is 128 Å². The van der Waals surface area contributed by atoms with Crippen LogP contribution in [-0.4, -0.2) is 39.2 Å². The molecule has 0 saturated carbocycles. The molecule has 1 fully saturated rings. The second kappa shape index (κ2) is 6.39. The first-order chi connectivity index (χ1) is 10.6. The standard InChI is InChI=1S/C15H19FN4O2/c1-10(2)15-18-14(22-19-15)9-20-7-6-11(8-20)21-13-5-3-4-12(16)17-13/h3-5,10-11H,6-9H2,1-2H3. The lowest BCUT2D eigenvalue weighted by atomic mass is 10.2. The van der Waals surface area contributed by atoms with Crippen LogP contribution in [0, 0.1) is 5.95 Å². The lowest BCUT2D eigenvalue weighted by Gasteiger charge is -2.14. The summed E-state index contributed by atoms with van der Waals surface area (Å²) in [6.07, 6.45) is 0.866. The molecule has 3 rings (SSSR count). The lowest BCUT2D eigenvalue weighted by Crippen LogP contribution is -2.25. The topological polar surface area (TPSA) is 64.3 Å². The van der Waals surface area contributed by atoms with Gasteiger partial charge in [-0.05, 0) is 12.5 Å². The number of pyridine rings is 1. The molecule has 0 aromatic carbocycles. The minimum Gasteiger partial charge on any atom is -0.473 e. The molecule has 2 aromatic heterocycles. The Kier molecular flexibility index (Phi) is 4.33. The molecule has 0 N–H and O–H groups in total. The SMILES string of the molecule is CC(C)c1noc(CN2CCC(Oc3cccc(F)n3)C2)n1. The smallest absolute Gasteiger partial charge is 0.240 e. The maximum atomic E-state index is 13.0. The predicted octanol–water partition coefficient (Wildman–Crippen LogP) is 2.38. The van der Waals surface area contributed by atoms with Gasteiger partial charge in [-0.25, -0.2) is 0 Å². The Hall–Kier alpha value is -2.02. The van der Waals surface area contributed by atoms with Crippen molar-refractivity contribution in [1.82, 2.24) is 20.0 Å². The van der Waals surface area contributed by atoms with Crippen molar-refractivity contribution in [2.24, 2.45) is 0 Å². The van der Waals surface area contributed by atoms with Gasteiger partial charge in [0.1, 0.15) is 6.10 Å². The molecule has 0 aliphatic carbocycles. The van der Waals surface area contributed by atoms with E-state index in [9.17, 15) is 4.39 Å². The van der Waals surface area contributed by atoms with Gasteiger partial charge in [-0.15, -0.1) is 0 Å². The molecule has 22 heavy (non-hydrogen) atoms. The van der Waals surface area contributed by atoms with Gasteiger partial charge in [0.25, 0.3) is 0 Å². The molecule has 1 saturated heterocycles. The molecule has 0 spiro atoms. The Morgan fingerprint density at radius 1 is 1.41 bits per heavy atom. The van der Waals surface area contributed by atoms with Crippen LogP contribution in [0.1, 0.15) is 37.9 Å².